The van der Waals surface area contributed by atoms with Crippen molar-refractivity contribution in [3.8, 4) is 0 Å². The Balaban J connectivity index is 1.66. The maximum Gasteiger partial charge on any atom is 0.0169 e. The molecule has 1 aliphatic carbocycles. The third kappa shape index (κ3) is 4.55. The van der Waals surface area contributed by atoms with Gasteiger partial charge in [-0.05, 0) is 64.0 Å². The lowest BCUT2D eigenvalue weighted by Crippen LogP contribution is -2.46. The van der Waals surface area contributed by atoms with E-state index >= 15 is 0 Å². The van der Waals surface area contributed by atoms with Crippen molar-refractivity contribution in [2.75, 3.05) is 19.6 Å². The topological polar surface area (TPSA) is 15.3 Å². The van der Waals surface area contributed by atoms with Gasteiger partial charge in [-0.1, -0.05) is 20.3 Å². The Morgan fingerprint density at radius 1 is 1.11 bits per heavy atom. The molecule has 2 fully saturated rings. The molecule has 1 saturated carbocycles. The minimum absolute atomic E-state index is 0.592. The Morgan fingerprint density at radius 2 is 1.72 bits per heavy atom. The van der Waals surface area contributed by atoms with Crippen LogP contribution in [-0.2, 0) is 0 Å². The number of hydrogen-bond acceptors (Lipinski definition) is 2. The van der Waals surface area contributed by atoms with Gasteiger partial charge in [-0.25, -0.2) is 0 Å². The van der Waals surface area contributed by atoms with Gasteiger partial charge in [0.05, 0.1) is 0 Å². The SMILES string of the molecule is CC(CN1CCCCC1)NC1CCC(C)(C)CC1. The molecule has 0 bridgehead atoms. The summed E-state index contributed by atoms with van der Waals surface area (Å²) in [7, 11) is 0. The molecular formula is C16H32N2. The Morgan fingerprint density at radius 3 is 2.33 bits per heavy atom. The normalized spacial score (nSPS) is 28.2. The molecule has 0 amide bonds. The van der Waals surface area contributed by atoms with Crippen LogP contribution in [0.3, 0.4) is 0 Å². The highest BCUT2D eigenvalue weighted by molar-refractivity contribution is 4.84. The molecule has 106 valence electrons. The van der Waals surface area contributed by atoms with Crippen LogP contribution in [0.5, 0.6) is 0 Å². The summed E-state index contributed by atoms with van der Waals surface area (Å²) in [4.78, 5) is 2.65. The van der Waals surface area contributed by atoms with Crippen molar-refractivity contribution in [3.63, 3.8) is 0 Å². The van der Waals surface area contributed by atoms with Crippen LogP contribution in [0, 0.1) is 5.41 Å². The molecule has 18 heavy (non-hydrogen) atoms. The smallest absolute Gasteiger partial charge is 0.0169 e. The highest BCUT2D eigenvalue weighted by Crippen LogP contribution is 2.35. The molecule has 1 aliphatic heterocycles. The summed E-state index contributed by atoms with van der Waals surface area (Å²) < 4.78 is 0. The number of hydrogen-bond donors (Lipinski definition) is 1. The summed E-state index contributed by atoms with van der Waals surface area (Å²) in [6.07, 6.45) is 9.78. The molecule has 0 aromatic heterocycles. The molecule has 1 atom stereocenters. The van der Waals surface area contributed by atoms with E-state index in [1.165, 1.54) is 64.6 Å². The van der Waals surface area contributed by atoms with E-state index in [0.717, 1.165) is 6.04 Å². The second kappa shape index (κ2) is 6.38. The molecule has 2 nitrogen and oxygen atoms in total. The zero-order chi connectivity index (χ0) is 13.0. The van der Waals surface area contributed by atoms with Gasteiger partial charge >= 0.3 is 0 Å². The first-order chi connectivity index (χ1) is 8.55. The molecule has 0 spiro atoms. The van der Waals surface area contributed by atoms with Crippen molar-refractivity contribution in [1.29, 1.82) is 0 Å². The quantitative estimate of drug-likeness (QED) is 0.825. The van der Waals surface area contributed by atoms with Crippen LogP contribution in [0.2, 0.25) is 0 Å². The Kier molecular flexibility index (Phi) is 5.08. The predicted octanol–water partition coefficient (Wildman–Crippen LogP) is 3.42. The van der Waals surface area contributed by atoms with Crippen LogP contribution >= 0.6 is 0 Å². The lowest BCUT2D eigenvalue weighted by molar-refractivity contribution is 0.173. The number of rotatable bonds is 4. The van der Waals surface area contributed by atoms with Crippen molar-refractivity contribution in [1.82, 2.24) is 10.2 Å². The summed E-state index contributed by atoms with van der Waals surface area (Å²) in [6.45, 7) is 11.1. The number of likely N-dealkylation sites (tertiary alicyclic amines) is 1. The van der Waals surface area contributed by atoms with Crippen LogP contribution in [0.25, 0.3) is 0 Å². The molecule has 1 unspecified atom stereocenters. The fraction of sp³-hybridized carbons (Fsp3) is 1.00. The highest BCUT2D eigenvalue weighted by Gasteiger charge is 2.27. The van der Waals surface area contributed by atoms with Crippen LogP contribution in [-0.4, -0.2) is 36.6 Å². The highest BCUT2D eigenvalue weighted by atomic mass is 15.2. The lowest BCUT2D eigenvalue weighted by atomic mass is 9.75. The van der Waals surface area contributed by atoms with Crippen LogP contribution in [0.15, 0.2) is 0 Å². The summed E-state index contributed by atoms with van der Waals surface area (Å²) in [5.74, 6) is 0. The first kappa shape index (κ1) is 14.3. The fourth-order valence-electron chi connectivity index (χ4n) is 3.55. The average molecular weight is 252 g/mol. The fourth-order valence-corrected chi connectivity index (χ4v) is 3.55. The van der Waals surface area contributed by atoms with Gasteiger partial charge in [0.1, 0.15) is 0 Å². The van der Waals surface area contributed by atoms with Gasteiger partial charge in [-0.2, -0.15) is 0 Å². The van der Waals surface area contributed by atoms with Crippen molar-refractivity contribution < 1.29 is 0 Å². The third-order valence-electron chi connectivity index (χ3n) is 4.84. The van der Waals surface area contributed by atoms with E-state index < -0.39 is 0 Å². The molecule has 0 aromatic rings. The average Bonchev–Trinajstić information content (AvgIpc) is 2.33. The van der Waals surface area contributed by atoms with E-state index in [-0.39, 0.29) is 0 Å². The molecule has 2 aliphatic rings. The third-order valence-corrected chi connectivity index (χ3v) is 4.84. The molecule has 0 aromatic carbocycles. The van der Waals surface area contributed by atoms with E-state index in [2.05, 4.69) is 31.0 Å². The van der Waals surface area contributed by atoms with E-state index in [4.69, 9.17) is 0 Å². The summed E-state index contributed by atoms with van der Waals surface area (Å²) >= 11 is 0. The van der Waals surface area contributed by atoms with E-state index in [0.29, 0.717) is 11.5 Å². The standard InChI is InChI=1S/C16H32N2/c1-14(13-18-11-5-4-6-12-18)17-15-7-9-16(2,3)10-8-15/h14-15,17H,4-13H2,1-3H3. The number of nitrogens with zero attached hydrogens (tertiary/aromatic N) is 1. The Bertz CT molecular complexity index is 233. The minimum Gasteiger partial charge on any atom is -0.310 e. The summed E-state index contributed by atoms with van der Waals surface area (Å²) in [5, 5.41) is 3.86. The van der Waals surface area contributed by atoms with E-state index in [9.17, 15) is 0 Å². The van der Waals surface area contributed by atoms with Crippen molar-refractivity contribution in [3.05, 3.63) is 0 Å². The van der Waals surface area contributed by atoms with Gasteiger partial charge in [0, 0.05) is 18.6 Å². The van der Waals surface area contributed by atoms with Crippen molar-refractivity contribution in [2.24, 2.45) is 5.41 Å². The zero-order valence-electron chi connectivity index (χ0n) is 12.7. The first-order valence-electron chi connectivity index (χ1n) is 8.04. The second-order valence-electron chi connectivity index (χ2n) is 7.37. The van der Waals surface area contributed by atoms with Crippen molar-refractivity contribution >= 4 is 0 Å². The maximum atomic E-state index is 3.86. The molecule has 0 radical (unpaired) electrons. The summed E-state index contributed by atoms with van der Waals surface area (Å²) in [6, 6.07) is 1.44. The van der Waals surface area contributed by atoms with Crippen LogP contribution < -0.4 is 5.32 Å². The Labute approximate surface area is 114 Å². The number of piperidine rings is 1. The Hall–Kier alpha value is -0.0800. The molecule has 1 heterocycles. The van der Waals surface area contributed by atoms with Gasteiger partial charge in [0.15, 0.2) is 0 Å². The number of nitrogens with one attached hydrogen (secondary N) is 1. The maximum absolute atomic E-state index is 3.86. The summed E-state index contributed by atoms with van der Waals surface area (Å²) in [5.41, 5.74) is 0.592. The molecule has 2 rings (SSSR count). The molecule has 2 heteroatoms. The second-order valence-corrected chi connectivity index (χ2v) is 7.37. The van der Waals surface area contributed by atoms with Gasteiger partial charge in [-0.3, -0.25) is 0 Å². The predicted molar refractivity (Wildman–Crippen MR) is 78.9 cm³/mol. The van der Waals surface area contributed by atoms with Gasteiger partial charge < -0.3 is 10.2 Å². The van der Waals surface area contributed by atoms with Gasteiger partial charge in [0.2, 0.25) is 0 Å². The van der Waals surface area contributed by atoms with Crippen molar-refractivity contribution in [2.45, 2.75) is 77.8 Å². The zero-order valence-corrected chi connectivity index (χ0v) is 12.7. The van der Waals surface area contributed by atoms with Gasteiger partial charge in [0.25, 0.3) is 0 Å². The van der Waals surface area contributed by atoms with Crippen LogP contribution in [0.1, 0.15) is 65.7 Å². The molecular weight excluding hydrogens is 220 g/mol. The van der Waals surface area contributed by atoms with Gasteiger partial charge in [-0.15, -0.1) is 0 Å². The van der Waals surface area contributed by atoms with E-state index in [1.54, 1.807) is 0 Å². The monoisotopic (exact) mass is 252 g/mol. The molecule has 1 saturated heterocycles. The lowest BCUT2D eigenvalue weighted by Gasteiger charge is -2.37. The largest absolute Gasteiger partial charge is 0.310 e. The minimum atomic E-state index is 0.592. The van der Waals surface area contributed by atoms with Crippen LogP contribution in [0.4, 0.5) is 0 Å². The first-order valence-corrected chi connectivity index (χ1v) is 8.04. The van der Waals surface area contributed by atoms with E-state index in [1.807, 2.05) is 0 Å². The molecule has 1 N–H and O–H groups in total.